The van der Waals surface area contributed by atoms with Crippen molar-refractivity contribution >= 4 is 16.8 Å². The number of halogens is 1. The molecule has 0 saturated carbocycles. The second-order valence-electron chi connectivity index (χ2n) is 3.88. The highest BCUT2D eigenvalue weighted by molar-refractivity contribution is 5.86. The summed E-state index contributed by atoms with van der Waals surface area (Å²) in [6.45, 7) is 0. The van der Waals surface area contributed by atoms with Gasteiger partial charge in [0, 0.05) is 18.5 Å². The van der Waals surface area contributed by atoms with Crippen molar-refractivity contribution in [1.82, 2.24) is 9.72 Å². The quantitative estimate of drug-likeness (QED) is 0.700. The highest BCUT2D eigenvalue weighted by Gasteiger charge is 2.13. The van der Waals surface area contributed by atoms with Gasteiger partial charge in [-0.3, -0.25) is 0 Å². The number of hydrogen-bond donors (Lipinski definition) is 1. The van der Waals surface area contributed by atoms with Gasteiger partial charge >= 0.3 is 0 Å². The molecule has 3 aromatic rings. The molecule has 17 heavy (non-hydrogen) atoms. The number of anilines is 1. The summed E-state index contributed by atoms with van der Waals surface area (Å²) in [7, 11) is 1.78. The Morgan fingerprint density at radius 2 is 2.18 bits per heavy atom. The molecule has 0 radical (unpaired) electrons. The van der Waals surface area contributed by atoms with Crippen molar-refractivity contribution in [2.45, 2.75) is 0 Å². The van der Waals surface area contributed by atoms with E-state index in [-0.39, 0.29) is 11.7 Å². The molecule has 2 N–H and O–H groups in total. The Balaban J connectivity index is 2.32. The fourth-order valence-corrected chi connectivity index (χ4v) is 2.02. The molecule has 0 spiro atoms. The van der Waals surface area contributed by atoms with E-state index in [0.717, 1.165) is 11.1 Å². The zero-order valence-corrected chi connectivity index (χ0v) is 9.14. The van der Waals surface area contributed by atoms with Gasteiger partial charge in [0.05, 0.1) is 11.2 Å². The molecule has 0 fully saturated rings. The summed E-state index contributed by atoms with van der Waals surface area (Å²) < 4.78 is 20.3. The summed E-state index contributed by atoms with van der Waals surface area (Å²) in [5.41, 5.74) is 7.39. The van der Waals surface area contributed by atoms with Gasteiger partial charge < -0.3 is 14.8 Å². The lowest BCUT2D eigenvalue weighted by molar-refractivity contribution is 0.438. The number of aryl methyl sites for hydroxylation is 1. The average molecular weight is 231 g/mol. The van der Waals surface area contributed by atoms with Crippen molar-refractivity contribution in [3.05, 3.63) is 36.1 Å². The smallest absolute Gasteiger partial charge is 0.222 e. The summed E-state index contributed by atoms with van der Waals surface area (Å²) in [5, 5.41) is 4.65. The summed E-state index contributed by atoms with van der Waals surface area (Å²) in [6.07, 6.45) is 0. The van der Waals surface area contributed by atoms with Gasteiger partial charge in [0.2, 0.25) is 5.88 Å². The number of hydrogen-bond acceptors (Lipinski definition) is 3. The summed E-state index contributed by atoms with van der Waals surface area (Å²) in [4.78, 5) is 0. The third-order valence-electron chi connectivity index (χ3n) is 2.80. The van der Waals surface area contributed by atoms with E-state index in [2.05, 4.69) is 5.16 Å². The minimum Gasteiger partial charge on any atom is -0.368 e. The molecule has 4 nitrogen and oxygen atoms in total. The van der Waals surface area contributed by atoms with Gasteiger partial charge in [0.25, 0.3) is 0 Å². The van der Waals surface area contributed by atoms with Crippen molar-refractivity contribution in [2.75, 3.05) is 5.73 Å². The molecule has 1 aromatic carbocycles. The topological polar surface area (TPSA) is 57.0 Å². The van der Waals surface area contributed by atoms with Crippen LogP contribution in [0, 0.1) is 5.82 Å². The number of para-hydroxylation sites is 1. The molecule has 0 aliphatic carbocycles. The van der Waals surface area contributed by atoms with Crippen molar-refractivity contribution < 1.29 is 8.91 Å². The van der Waals surface area contributed by atoms with Crippen molar-refractivity contribution in [3.63, 3.8) is 0 Å². The maximum absolute atomic E-state index is 13.7. The molecule has 2 heterocycles. The summed E-state index contributed by atoms with van der Waals surface area (Å²) >= 11 is 0. The number of nitrogens with two attached hydrogens (primary N) is 1. The maximum atomic E-state index is 13.7. The molecule has 86 valence electrons. The van der Waals surface area contributed by atoms with Crippen LogP contribution >= 0.6 is 0 Å². The molecule has 0 aliphatic rings. The Labute approximate surface area is 96.4 Å². The van der Waals surface area contributed by atoms with Crippen LogP contribution in [-0.4, -0.2) is 9.72 Å². The van der Waals surface area contributed by atoms with E-state index in [1.165, 1.54) is 6.07 Å². The van der Waals surface area contributed by atoms with Crippen LogP contribution in [0.5, 0.6) is 0 Å². The third-order valence-corrected chi connectivity index (χ3v) is 2.80. The molecule has 0 bridgehead atoms. The Kier molecular flexibility index (Phi) is 1.95. The lowest BCUT2D eigenvalue weighted by Crippen LogP contribution is -1.93. The average Bonchev–Trinajstić information content (AvgIpc) is 2.84. The van der Waals surface area contributed by atoms with Crippen LogP contribution < -0.4 is 5.73 Å². The van der Waals surface area contributed by atoms with E-state index in [9.17, 15) is 4.39 Å². The predicted octanol–water partition coefficient (Wildman–Crippen LogP) is 2.55. The number of rotatable bonds is 1. The number of aromatic nitrogens is 2. The number of nitrogen functional groups attached to an aromatic ring is 1. The molecule has 2 aromatic heterocycles. The lowest BCUT2D eigenvalue weighted by Gasteiger charge is -2.00. The predicted molar refractivity (Wildman–Crippen MR) is 62.8 cm³/mol. The van der Waals surface area contributed by atoms with E-state index >= 15 is 0 Å². The second-order valence-corrected chi connectivity index (χ2v) is 3.88. The highest BCUT2D eigenvalue weighted by atomic mass is 19.1. The van der Waals surface area contributed by atoms with Crippen molar-refractivity contribution in [2.24, 2.45) is 7.05 Å². The number of nitrogens with zero attached hydrogens (tertiary/aromatic N) is 2. The molecule has 3 rings (SSSR count). The third kappa shape index (κ3) is 1.39. The number of fused-ring (bicyclic) bond motifs is 1. The first-order valence-electron chi connectivity index (χ1n) is 5.13. The van der Waals surface area contributed by atoms with Crippen LogP contribution in [-0.2, 0) is 7.05 Å². The van der Waals surface area contributed by atoms with Gasteiger partial charge in [-0.15, -0.1) is 0 Å². The van der Waals surface area contributed by atoms with Crippen LogP contribution in [0.15, 0.2) is 34.9 Å². The fourth-order valence-electron chi connectivity index (χ4n) is 2.02. The minimum atomic E-state index is -0.257. The minimum absolute atomic E-state index is 0.241. The molecule has 0 atom stereocenters. The first-order chi connectivity index (χ1) is 8.16. The Morgan fingerprint density at radius 1 is 1.35 bits per heavy atom. The largest absolute Gasteiger partial charge is 0.368 e. The highest BCUT2D eigenvalue weighted by Crippen LogP contribution is 2.28. The van der Waals surface area contributed by atoms with Crippen LogP contribution in [0.4, 0.5) is 10.3 Å². The first-order valence-corrected chi connectivity index (χ1v) is 5.13. The molecular weight excluding hydrogens is 221 g/mol. The van der Waals surface area contributed by atoms with Crippen LogP contribution in [0.2, 0.25) is 0 Å². The summed E-state index contributed by atoms with van der Waals surface area (Å²) in [6, 6.07) is 8.44. The first kappa shape index (κ1) is 9.89. The van der Waals surface area contributed by atoms with Crippen LogP contribution in [0.25, 0.3) is 22.3 Å². The van der Waals surface area contributed by atoms with E-state index in [4.69, 9.17) is 10.3 Å². The van der Waals surface area contributed by atoms with E-state index in [1.54, 1.807) is 23.7 Å². The Morgan fingerprint density at radius 3 is 2.82 bits per heavy atom. The zero-order chi connectivity index (χ0) is 12.0. The number of benzene rings is 1. The lowest BCUT2D eigenvalue weighted by atomic mass is 10.2. The molecule has 5 heteroatoms. The summed E-state index contributed by atoms with van der Waals surface area (Å²) in [5.74, 6) is -0.0153. The van der Waals surface area contributed by atoms with E-state index in [1.807, 2.05) is 12.1 Å². The molecule has 0 amide bonds. The van der Waals surface area contributed by atoms with E-state index < -0.39 is 0 Å². The maximum Gasteiger partial charge on any atom is 0.222 e. The Bertz CT molecular complexity index is 699. The standard InChI is InChI=1S/C12H10FN3O/c1-16-10(9-6-11(14)17-15-9)5-7-3-2-4-8(13)12(7)16/h2-6H,14H2,1H3. The molecule has 0 aliphatic heterocycles. The molecular formula is C12H10FN3O. The van der Waals surface area contributed by atoms with Gasteiger partial charge in [-0.2, -0.15) is 0 Å². The fraction of sp³-hybridized carbons (Fsp3) is 0.0833. The van der Waals surface area contributed by atoms with Gasteiger partial charge in [-0.05, 0) is 12.1 Å². The second kappa shape index (κ2) is 3.35. The molecule has 0 saturated heterocycles. The van der Waals surface area contributed by atoms with Gasteiger partial charge in [-0.1, -0.05) is 17.3 Å². The monoisotopic (exact) mass is 231 g/mol. The molecule has 0 unspecified atom stereocenters. The zero-order valence-electron chi connectivity index (χ0n) is 9.14. The van der Waals surface area contributed by atoms with Gasteiger partial charge in [-0.25, -0.2) is 4.39 Å². The van der Waals surface area contributed by atoms with Gasteiger partial charge in [0.1, 0.15) is 11.5 Å². The normalized spacial score (nSPS) is 11.2. The SMILES string of the molecule is Cn1c(-c2cc(N)on2)cc2cccc(F)c21. The Hall–Kier alpha value is -2.30. The van der Waals surface area contributed by atoms with Gasteiger partial charge in [0.15, 0.2) is 0 Å². The van der Waals surface area contributed by atoms with E-state index in [0.29, 0.717) is 11.2 Å². The van der Waals surface area contributed by atoms with Crippen molar-refractivity contribution in [1.29, 1.82) is 0 Å². The van der Waals surface area contributed by atoms with Crippen LogP contribution in [0.1, 0.15) is 0 Å². The van der Waals surface area contributed by atoms with Crippen molar-refractivity contribution in [3.8, 4) is 11.4 Å². The van der Waals surface area contributed by atoms with Crippen LogP contribution in [0.3, 0.4) is 0 Å².